The zero-order valence-electron chi connectivity index (χ0n) is 18.6. The van der Waals surface area contributed by atoms with Crippen molar-refractivity contribution in [3.8, 4) is 0 Å². The SMILES string of the molecule is CCNC(=NCc1ccc(C(=O)N(C)C)cc1)NCCc1cccc(C(=O)NC)c1.I. The van der Waals surface area contributed by atoms with Crippen molar-refractivity contribution in [3.63, 3.8) is 0 Å². The molecule has 31 heavy (non-hydrogen) atoms. The van der Waals surface area contributed by atoms with Crippen molar-refractivity contribution >= 4 is 41.8 Å². The quantitative estimate of drug-likeness (QED) is 0.275. The van der Waals surface area contributed by atoms with Gasteiger partial charge in [0.2, 0.25) is 0 Å². The first kappa shape index (κ1) is 26.4. The molecule has 7 nitrogen and oxygen atoms in total. The van der Waals surface area contributed by atoms with Crippen LogP contribution in [0.1, 0.15) is 38.8 Å². The van der Waals surface area contributed by atoms with Gasteiger partial charge >= 0.3 is 0 Å². The van der Waals surface area contributed by atoms with Crippen molar-refractivity contribution < 1.29 is 9.59 Å². The fourth-order valence-corrected chi connectivity index (χ4v) is 2.86. The molecular weight excluding hydrogens is 505 g/mol. The van der Waals surface area contributed by atoms with E-state index in [1.54, 1.807) is 32.1 Å². The van der Waals surface area contributed by atoms with E-state index in [9.17, 15) is 9.59 Å². The average molecular weight is 537 g/mol. The minimum absolute atomic E-state index is 0. The molecule has 0 radical (unpaired) electrons. The number of carbonyl (C=O) groups excluding carboxylic acids is 2. The van der Waals surface area contributed by atoms with E-state index in [1.807, 2.05) is 49.4 Å². The maximum atomic E-state index is 12.0. The van der Waals surface area contributed by atoms with E-state index in [0.29, 0.717) is 24.2 Å². The summed E-state index contributed by atoms with van der Waals surface area (Å²) in [6.07, 6.45) is 0.774. The van der Waals surface area contributed by atoms with Crippen molar-refractivity contribution in [1.82, 2.24) is 20.9 Å². The van der Waals surface area contributed by atoms with Crippen LogP contribution in [0.5, 0.6) is 0 Å². The van der Waals surface area contributed by atoms with Crippen LogP contribution in [-0.2, 0) is 13.0 Å². The molecule has 0 unspecified atom stereocenters. The van der Waals surface area contributed by atoms with Crippen molar-refractivity contribution in [2.75, 3.05) is 34.2 Å². The smallest absolute Gasteiger partial charge is 0.253 e. The number of guanidine groups is 1. The van der Waals surface area contributed by atoms with Crippen LogP contribution in [0.15, 0.2) is 53.5 Å². The predicted octanol–water partition coefficient (Wildman–Crippen LogP) is 2.66. The molecule has 0 aliphatic heterocycles. The Labute approximate surface area is 201 Å². The average Bonchev–Trinajstić information content (AvgIpc) is 2.76. The van der Waals surface area contributed by atoms with Gasteiger partial charge in [-0.2, -0.15) is 0 Å². The molecule has 0 atom stereocenters. The normalized spacial score (nSPS) is 10.6. The fraction of sp³-hybridized carbons (Fsp3) is 0.348. The summed E-state index contributed by atoms with van der Waals surface area (Å²) in [4.78, 5) is 29.9. The highest BCUT2D eigenvalue weighted by molar-refractivity contribution is 14.0. The highest BCUT2D eigenvalue weighted by Crippen LogP contribution is 2.08. The van der Waals surface area contributed by atoms with Gasteiger partial charge in [0.15, 0.2) is 5.96 Å². The molecule has 0 saturated carbocycles. The fourth-order valence-electron chi connectivity index (χ4n) is 2.86. The molecule has 3 N–H and O–H groups in total. The Morgan fingerprint density at radius 1 is 0.968 bits per heavy atom. The molecule has 2 rings (SSSR count). The zero-order valence-corrected chi connectivity index (χ0v) is 20.9. The van der Waals surface area contributed by atoms with Crippen LogP contribution in [0.2, 0.25) is 0 Å². The summed E-state index contributed by atoms with van der Waals surface area (Å²) in [7, 11) is 5.11. The lowest BCUT2D eigenvalue weighted by atomic mass is 10.1. The molecule has 0 aliphatic carbocycles. The minimum atomic E-state index is -0.0852. The van der Waals surface area contributed by atoms with Crippen molar-refractivity contribution in [2.24, 2.45) is 4.99 Å². The molecule has 0 spiro atoms. The number of rotatable bonds is 8. The molecule has 0 saturated heterocycles. The first-order valence-corrected chi connectivity index (χ1v) is 10.1. The molecular formula is C23H32IN5O2. The molecule has 2 amide bonds. The van der Waals surface area contributed by atoms with Crippen LogP contribution in [0.3, 0.4) is 0 Å². The Balaban J connectivity index is 0.00000480. The van der Waals surface area contributed by atoms with Gasteiger partial charge in [-0.1, -0.05) is 24.3 Å². The Bertz CT molecular complexity index is 882. The molecule has 2 aromatic rings. The van der Waals surface area contributed by atoms with E-state index < -0.39 is 0 Å². The summed E-state index contributed by atoms with van der Waals surface area (Å²) in [6, 6.07) is 15.1. The van der Waals surface area contributed by atoms with Gasteiger partial charge in [0.1, 0.15) is 0 Å². The summed E-state index contributed by atoms with van der Waals surface area (Å²) in [5.41, 5.74) is 3.44. The van der Waals surface area contributed by atoms with Crippen LogP contribution in [0, 0.1) is 0 Å². The lowest BCUT2D eigenvalue weighted by Gasteiger charge is -2.12. The van der Waals surface area contributed by atoms with Gasteiger partial charge in [-0.15, -0.1) is 24.0 Å². The Hall–Kier alpha value is -2.62. The van der Waals surface area contributed by atoms with Crippen molar-refractivity contribution in [3.05, 3.63) is 70.8 Å². The van der Waals surface area contributed by atoms with E-state index in [1.165, 1.54) is 0 Å². The number of halogens is 1. The largest absolute Gasteiger partial charge is 0.357 e. The van der Waals surface area contributed by atoms with Gasteiger partial charge < -0.3 is 20.9 Å². The van der Waals surface area contributed by atoms with Crippen LogP contribution >= 0.6 is 24.0 Å². The summed E-state index contributed by atoms with van der Waals surface area (Å²) in [5.74, 6) is 0.631. The third-order valence-electron chi connectivity index (χ3n) is 4.49. The van der Waals surface area contributed by atoms with Gasteiger partial charge in [0.25, 0.3) is 11.8 Å². The summed E-state index contributed by atoms with van der Waals surface area (Å²) < 4.78 is 0. The van der Waals surface area contributed by atoms with Gasteiger partial charge in [-0.3, -0.25) is 9.59 Å². The minimum Gasteiger partial charge on any atom is -0.357 e. The van der Waals surface area contributed by atoms with Gasteiger partial charge in [-0.25, -0.2) is 4.99 Å². The van der Waals surface area contributed by atoms with Crippen LogP contribution in [0.25, 0.3) is 0 Å². The van der Waals surface area contributed by atoms with E-state index in [4.69, 9.17) is 0 Å². The molecule has 0 heterocycles. The maximum absolute atomic E-state index is 12.0. The predicted molar refractivity (Wildman–Crippen MR) is 136 cm³/mol. The topological polar surface area (TPSA) is 85.8 Å². The maximum Gasteiger partial charge on any atom is 0.253 e. The first-order chi connectivity index (χ1) is 14.4. The number of carbonyl (C=O) groups is 2. The van der Waals surface area contributed by atoms with Gasteiger partial charge in [0, 0.05) is 45.4 Å². The van der Waals surface area contributed by atoms with Crippen molar-refractivity contribution in [2.45, 2.75) is 19.9 Å². The number of amides is 2. The van der Waals surface area contributed by atoms with Gasteiger partial charge in [0.05, 0.1) is 6.54 Å². The van der Waals surface area contributed by atoms with E-state index in [-0.39, 0.29) is 35.8 Å². The summed E-state index contributed by atoms with van der Waals surface area (Å²) in [6.45, 7) is 3.98. The van der Waals surface area contributed by atoms with E-state index in [2.05, 4.69) is 20.9 Å². The standard InChI is InChI=1S/C23H31N5O2.HI/c1-5-25-23(26-14-13-17-7-6-8-20(15-17)21(29)24-2)27-16-18-9-11-19(12-10-18)22(30)28(3)4;/h6-12,15H,5,13-14,16H2,1-4H3,(H,24,29)(H2,25,26,27);1H. The lowest BCUT2D eigenvalue weighted by Crippen LogP contribution is -2.38. The van der Waals surface area contributed by atoms with Crippen molar-refractivity contribution in [1.29, 1.82) is 0 Å². The number of hydrogen-bond acceptors (Lipinski definition) is 3. The molecule has 8 heteroatoms. The molecule has 168 valence electrons. The highest BCUT2D eigenvalue weighted by Gasteiger charge is 2.07. The second kappa shape index (κ2) is 13.6. The monoisotopic (exact) mass is 537 g/mol. The third kappa shape index (κ3) is 8.56. The second-order valence-electron chi connectivity index (χ2n) is 7.05. The molecule has 2 aromatic carbocycles. The molecule has 0 aromatic heterocycles. The number of hydrogen-bond donors (Lipinski definition) is 3. The number of nitrogens with zero attached hydrogens (tertiary/aromatic N) is 2. The van der Waals surface area contributed by atoms with Crippen LogP contribution in [0.4, 0.5) is 0 Å². The lowest BCUT2D eigenvalue weighted by molar-refractivity contribution is 0.0827. The number of aliphatic imine (C=N–C) groups is 1. The third-order valence-corrected chi connectivity index (χ3v) is 4.49. The Kier molecular flexibility index (Phi) is 11.6. The van der Waals surface area contributed by atoms with Crippen LogP contribution < -0.4 is 16.0 Å². The first-order valence-electron chi connectivity index (χ1n) is 10.1. The van der Waals surface area contributed by atoms with E-state index >= 15 is 0 Å². The molecule has 0 bridgehead atoms. The van der Waals surface area contributed by atoms with Gasteiger partial charge in [-0.05, 0) is 48.7 Å². The Morgan fingerprint density at radius 3 is 2.29 bits per heavy atom. The summed E-state index contributed by atoms with van der Waals surface area (Å²) >= 11 is 0. The number of benzene rings is 2. The second-order valence-corrected chi connectivity index (χ2v) is 7.05. The zero-order chi connectivity index (χ0) is 21.9. The summed E-state index contributed by atoms with van der Waals surface area (Å²) in [5, 5.41) is 9.20. The number of nitrogens with one attached hydrogen (secondary N) is 3. The molecule has 0 aliphatic rings. The molecule has 0 fully saturated rings. The van der Waals surface area contributed by atoms with Crippen LogP contribution in [-0.4, -0.2) is 56.9 Å². The van der Waals surface area contributed by atoms with E-state index in [0.717, 1.165) is 30.1 Å². The Morgan fingerprint density at radius 2 is 1.68 bits per heavy atom. The highest BCUT2D eigenvalue weighted by atomic mass is 127.